The van der Waals surface area contributed by atoms with Crippen molar-refractivity contribution >= 4 is 17.9 Å². The van der Waals surface area contributed by atoms with Gasteiger partial charge in [-0.1, -0.05) is 18.2 Å². The number of primary amides is 1. The molecule has 0 bridgehead atoms. The number of carbonyl (C=O) groups excluding carboxylic acids is 2. The summed E-state index contributed by atoms with van der Waals surface area (Å²) in [5, 5.41) is 4.29. The molecule has 3 rings (SSSR count). The molecule has 1 aromatic carbocycles. The summed E-state index contributed by atoms with van der Waals surface area (Å²) >= 11 is 0. The lowest BCUT2D eigenvalue weighted by atomic mass is 9.97. The molecule has 1 aromatic heterocycles. The molecule has 0 aliphatic carbocycles. The molecule has 6 nitrogen and oxygen atoms in total. The fourth-order valence-electron chi connectivity index (χ4n) is 2.83. The standard InChI is InChI=1S/C18H20N4O2/c19-18(24)15-5-4-10-21(13-15)17(23)9-8-14-11-20-22(12-14)16-6-2-1-3-7-16/h1-3,6-9,11-12,15H,4-5,10,13H2,(H2,19,24)/b9-8-/t15-/m0/s1. The van der Waals surface area contributed by atoms with E-state index < -0.39 is 0 Å². The van der Waals surface area contributed by atoms with Crippen molar-refractivity contribution in [2.45, 2.75) is 12.8 Å². The van der Waals surface area contributed by atoms with E-state index in [9.17, 15) is 9.59 Å². The Morgan fingerprint density at radius 3 is 2.79 bits per heavy atom. The van der Waals surface area contributed by atoms with Crippen LogP contribution in [0.3, 0.4) is 0 Å². The Bertz CT molecular complexity index is 751. The molecule has 1 aliphatic rings. The third kappa shape index (κ3) is 3.71. The number of benzene rings is 1. The van der Waals surface area contributed by atoms with E-state index in [0.29, 0.717) is 13.1 Å². The zero-order valence-electron chi connectivity index (χ0n) is 13.3. The van der Waals surface area contributed by atoms with Gasteiger partial charge in [-0.3, -0.25) is 9.59 Å². The summed E-state index contributed by atoms with van der Waals surface area (Å²) in [6.07, 6.45) is 8.39. The van der Waals surface area contributed by atoms with Gasteiger partial charge in [0.1, 0.15) is 0 Å². The van der Waals surface area contributed by atoms with Gasteiger partial charge in [0.15, 0.2) is 0 Å². The highest BCUT2D eigenvalue weighted by atomic mass is 16.2. The molecule has 2 heterocycles. The first-order valence-corrected chi connectivity index (χ1v) is 8.00. The average molecular weight is 324 g/mol. The Kier molecular flexibility index (Phi) is 4.74. The minimum Gasteiger partial charge on any atom is -0.369 e. The smallest absolute Gasteiger partial charge is 0.246 e. The van der Waals surface area contributed by atoms with Crippen LogP contribution in [0.15, 0.2) is 48.8 Å². The van der Waals surface area contributed by atoms with Gasteiger partial charge in [0.05, 0.1) is 17.8 Å². The van der Waals surface area contributed by atoms with Crippen LogP contribution < -0.4 is 5.73 Å². The van der Waals surface area contributed by atoms with Crippen molar-refractivity contribution in [3.05, 3.63) is 54.4 Å². The number of nitrogens with two attached hydrogens (primary N) is 1. The van der Waals surface area contributed by atoms with E-state index in [0.717, 1.165) is 24.1 Å². The van der Waals surface area contributed by atoms with Crippen molar-refractivity contribution in [1.82, 2.24) is 14.7 Å². The maximum atomic E-state index is 12.3. The Hall–Kier alpha value is -2.89. The van der Waals surface area contributed by atoms with E-state index in [-0.39, 0.29) is 17.7 Å². The average Bonchev–Trinajstić information content (AvgIpc) is 3.09. The van der Waals surface area contributed by atoms with E-state index in [4.69, 9.17) is 5.73 Å². The monoisotopic (exact) mass is 324 g/mol. The minimum absolute atomic E-state index is 0.103. The summed E-state index contributed by atoms with van der Waals surface area (Å²) in [4.78, 5) is 25.2. The number of rotatable bonds is 4. The first kappa shape index (κ1) is 16.0. The first-order chi connectivity index (χ1) is 11.6. The topological polar surface area (TPSA) is 81.2 Å². The van der Waals surface area contributed by atoms with E-state index in [1.807, 2.05) is 36.5 Å². The molecule has 2 amide bonds. The van der Waals surface area contributed by atoms with E-state index in [1.54, 1.807) is 21.9 Å². The SMILES string of the molecule is NC(=O)[C@H]1CCCN(C(=O)/C=C\c2cnn(-c3ccccc3)c2)C1. The third-order valence-corrected chi connectivity index (χ3v) is 4.18. The van der Waals surface area contributed by atoms with Crippen molar-refractivity contribution in [1.29, 1.82) is 0 Å². The Morgan fingerprint density at radius 2 is 2.04 bits per heavy atom. The number of aromatic nitrogens is 2. The lowest BCUT2D eigenvalue weighted by molar-refractivity contribution is -0.130. The van der Waals surface area contributed by atoms with Crippen LogP contribution in [0, 0.1) is 5.92 Å². The van der Waals surface area contributed by atoms with Gasteiger partial charge in [0.2, 0.25) is 11.8 Å². The third-order valence-electron chi connectivity index (χ3n) is 4.18. The molecule has 0 unspecified atom stereocenters. The lowest BCUT2D eigenvalue weighted by Crippen LogP contribution is -2.43. The summed E-state index contributed by atoms with van der Waals surface area (Å²) in [6.45, 7) is 1.07. The van der Waals surface area contributed by atoms with Gasteiger partial charge in [0.25, 0.3) is 0 Å². The number of carbonyl (C=O) groups is 2. The minimum atomic E-state index is -0.333. The van der Waals surface area contributed by atoms with Crippen molar-refractivity contribution in [3.8, 4) is 5.69 Å². The molecule has 6 heteroatoms. The number of hydrogen-bond donors (Lipinski definition) is 1. The molecule has 1 fully saturated rings. The van der Waals surface area contributed by atoms with E-state index >= 15 is 0 Å². The summed E-state index contributed by atoms with van der Waals surface area (Å²) in [6, 6.07) is 9.76. The van der Waals surface area contributed by atoms with Gasteiger partial charge in [-0.25, -0.2) is 4.68 Å². The Morgan fingerprint density at radius 1 is 1.25 bits per heavy atom. The highest BCUT2D eigenvalue weighted by molar-refractivity contribution is 5.92. The van der Waals surface area contributed by atoms with Crippen LogP contribution in [0.4, 0.5) is 0 Å². The molecule has 1 aliphatic heterocycles. The van der Waals surface area contributed by atoms with Crippen molar-refractivity contribution in [3.63, 3.8) is 0 Å². The van der Waals surface area contributed by atoms with Gasteiger partial charge < -0.3 is 10.6 Å². The molecule has 0 saturated carbocycles. The summed E-state index contributed by atoms with van der Waals surface area (Å²) in [5.74, 6) is -0.675. The number of hydrogen-bond acceptors (Lipinski definition) is 3. The second-order valence-corrected chi connectivity index (χ2v) is 5.91. The maximum Gasteiger partial charge on any atom is 0.246 e. The predicted molar refractivity (Wildman–Crippen MR) is 91.1 cm³/mol. The molecule has 2 N–H and O–H groups in total. The van der Waals surface area contributed by atoms with Crippen LogP contribution in [0.2, 0.25) is 0 Å². The first-order valence-electron chi connectivity index (χ1n) is 8.00. The molecular formula is C18H20N4O2. The molecule has 1 atom stereocenters. The van der Waals surface area contributed by atoms with Crippen LogP contribution in [-0.2, 0) is 9.59 Å². The van der Waals surface area contributed by atoms with Crippen molar-refractivity contribution < 1.29 is 9.59 Å². The zero-order chi connectivity index (χ0) is 16.9. The molecule has 124 valence electrons. The molecule has 0 radical (unpaired) electrons. The number of para-hydroxylation sites is 1. The quantitative estimate of drug-likeness (QED) is 0.868. The predicted octanol–water partition coefficient (Wildman–Crippen LogP) is 1.61. The summed E-state index contributed by atoms with van der Waals surface area (Å²) < 4.78 is 1.76. The van der Waals surface area contributed by atoms with Crippen molar-refractivity contribution in [2.75, 3.05) is 13.1 Å². The summed E-state index contributed by atoms with van der Waals surface area (Å²) in [5.41, 5.74) is 7.15. The van der Waals surface area contributed by atoms with Crippen molar-refractivity contribution in [2.24, 2.45) is 11.7 Å². The Labute approximate surface area is 140 Å². The zero-order valence-corrected chi connectivity index (χ0v) is 13.3. The largest absolute Gasteiger partial charge is 0.369 e. The molecule has 0 spiro atoms. The number of nitrogens with zero attached hydrogens (tertiary/aromatic N) is 3. The van der Waals surface area contributed by atoms with Crippen LogP contribution >= 0.6 is 0 Å². The molecular weight excluding hydrogens is 304 g/mol. The highest BCUT2D eigenvalue weighted by Gasteiger charge is 2.25. The molecule has 1 saturated heterocycles. The van der Waals surface area contributed by atoms with Gasteiger partial charge in [0, 0.05) is 30.9 Å². The van der Waals surface area contributed by atoms with Gasteiger partial charge in [-0.15, -0.1) is 0 Å². The van der Waals surface area contributed by atoms with Crippen LogP contribution in [0.5, 0.6) is 0 Å². The number of piperidine rings is 1. The normalized spacial score (nSPS) is 18.0. The van der Waals surface area contributed by atoms with E-state index in [2.05, 4.69) is 5.10 Å². The van der Waals surface area contributed by atoms with Gasteiger partial charge >= 0.3 is 0 Å². The Balaban J connectivity index is 1.64. The van der Waals surface area contributed by atoms with Crippen LogP contribution in [0.1, 0.15) is 18.4 Å². The second kappa shape index (κ2) is 7.12. The lowest BCUT2D eigenvalue weighted by Gasteiger charge is -2.30. The number of likely N-dealkylation sites (tertiary alicyclic amines) is 1. The fourth-order valence-corrected chi connectivity index (χ4v) is 2.83. The molecule has 2 aromatic rings. The van der Waals surface area contributed by atoms with E-state index in [1.165, 1.54) is 6.08 Å². The molecule has 24 heavy (non-hydrogen) atoms. The van der Waals surface area contributed by atoms with Gasteiger partial charge in [-0.2, -0.15) is 5.10 Å². The maximum absolute atomic E-state index is 12.3. The van der Waals surface area contributed by atoms with Gasteiger partial charge in [-0.05, 0) is 31.1 Å². The van der Waals surface area contributed by atoms with Crippen LogP contribution in [-0.4, -0.2) is 39.6 Å². The van der Waals surface area contributed by atoms with Crippen LogP contribution in [0.25, 0.3) is 11.8 Å². The summed E-state index contributed by atoms with van der Waals surface area (Å²) in [7, 11) is 0. The highest BCUT2D eigenvalue weighted by Crippen LogP contribution is 2.16. The second-order valence-electron chi connectivity index (χ2n) is 5.91. The number of amides is 2. The fraction of sp³-hybridized carbons (Fsp3) is 0.278.